The van der Waals surface area contributed by atoms with Gasteiger partial charge in [0.25, 0.3) is 0 Å². The molecule has 0 unspecified atom stereocenters. The summed E-state index contributed by atoms with van der Waals surface area (Å²) in [4.78, 5) is 15.0. The SMILES string of the molecule is C[C@H](O[C@H]1CCN(C(=O)C2CCNCC2)C[C@H]1c1ccccc1)c1cc(C(F)(F)F)cc(C(F)(F)F)c1.Cl. The van der Waals surface area contributed by atoms with Crippen molar-refractivity contribution in [2.45, 2.75) is 56.7 Å². The Morgan fingerprint density at radius 2 is 1.53 bits per heavy atom. The third-order valence-electron chi connectivity index (χ3n) is 7.24. The first-order chi connectivity index (χ1) is 17.4. The van der Waals surface area contributed by atoms with E-state index in [0.717, 1.165) is 31.5 Å². The number of amides is 1. The summed E-state index contributed by atoms with van der Waals surface area (Å²) in [6.45, 7) is 3.82. The van der Waals surface area contributed by atoms with Crippen LogP contribution in [-0.4, -0.2) is 43.1 Å². The van der Waals surface area contributed by atoms with Crippen molar-refractivity contribution in [3.63, 3.8) is 0 Å². The molecule has 1 N–H and O–H groups in total. The summed E-state index contributed by atoms with van der Waals surface area (Å²) in [5.41, 5.74) is -2.02. The molecule has 2 heterocycles. The number of nitrogens with zero attached hydrogens (tertiary/aromatic N) is 1. The van der Waals surface area contributed by atoms with Crippen molar-refractivity contribution >= 4 is 18.3 Å². The van der Waals surface area contributed by atoms with Gasteiger partial charge in [0.2, 0.25) is 5.91 Å². The molecule has 2 aliphatic rings. The second-order valence-corrected chi connectivity index (χ2v) is 9.77. The summed E-state index contributed by atoms with van der Waals surface area (Å²) in [6.07, 6.45) is -9.42. The minimum atomic E-state index is -4.93. The lowest BCUT2D eigenvalue weighted by atomic mass is 9.86. The molecule has 2 aliphatic heterocycles. The number of ether oxygens (including phenoxy) is 1. The van der Waals surface area contributed by atoms with Crippen molar-refractivity contribution in [3.05, 3.63) is 70.8 Å². The number of likely N-dealkylation sites (tertiary alicyclic amines) is 1. The molecule has 0 radical (unpaired) electrons. The number of carbonyl (C=O) groups excluding carboxylic acids is 1. The largest absolute Gasteiger partial charge is 0.416 e. The second kappa shape index (κ2) is 12.3. The zero-order chi connectivity index (χ0) is 26.8. The van der Waals surface area contributed by atoms with Gasteiger partial charge in [0.15, 0.2) is 0 Å². The smallest absolute Gasteiger partial charge is 0.370 e. The first-order valence-corrected chi connectivity index (χ1v) is 12.4. The van der Waals surface area contributed by atoms with Gasteiger partial charge >= 0.3 is 12.4 Å². The summed E-state index contributed by atoms with van der Waals surface area (Å²) in [7, 11) is 0. The lowest BCUT2D eigenvalue weighted by Crippen LogP contribution is -2.49. The standard InChI is InChI=1S/C27H30F6N2O2.ClH/c1-17(20-13-21(26(28,29)30)15-22(14-20)27(31,32)33)37-24-9-12-35(25(36)19-7-10-34-11-8-19)16-23(24)18-5-3-2-4-6-18;/h2-6,13-15,17,19,23-24,34H,7-12,16H2,1H3;1H/t17-,23-,24-;/m0./s1. The Bertz CT molecular complexity index is 1040. The fourth-order valence-electron chi connectivity index (χ4n) is 5.20. The molecule has 0 bridgehead atoms. The third kappa shape index (κ3) is 7.21. The van der Waals surface area contributed by atoms with Crippen LogP contribution in [0.5, 0.6) is 0 Å². The Morgan fingerprint density at radius 1 is 0.947 bits per heavy atom. The van der Waals surface area contributed by atoms with Gasteiger partial charge < -0.3 is 15.0 Å². The summed E-state index contributed by atoms with van der Waals surface area (Å²) in [6, 6.07) is 10.9. The van der Waals surface area contributed by atoms with E-state index in [-0.39, 0.29) is 41.8 Å². The molecule has 2 fully saturated rings. The molecule has 3 atom stereocenters. The Hall–Kier alpha value is -2.30. The molecule has 2 aromatic carbocycles. The van der Waals surface area contributed by atoms with Crippen LogP contribution in [0.25, 0.3) is 0 Å². The van der Waals surface area contributed by atoms with Crippen molar-refractivity contribution in [3.8, 4) is 0 Å². The number of rotatable bonds is 5. The van der Waals surface area contributed by atoms with E-state index in [9.17, 15) is 31.1 Å². The summed E-state index contributed by atoms with van der Waals surface area (Å²) >= 11 is 0. The average molecular weight is 565 g/mol. The average Bonchev–Trinajstić information content (AvgIpc) is 2.88. The number of benzene rings is 2. The number of nitrogens with one attached hydrogen (secondary N) is 1. The molecular formula is C27H31ClF6N2O2. The van der Waals surface area contributed by atoms with Crippen molar-refractivity contribution in [2.75, 3.05) is 26.2 Å². The van der Waals surface area contributed by atoms with Gasteiger partial charge in [0, 0.05) is 24.9 Å². The van der Waals surface area contributed by atoms with Gasteiger partial charge in [-0.1, -0.05) is 30.3 Å². The molecule has 0 aliphatic carbocycles. The lowest BCUT2D eigenvalue weighted by Gasteiger charge is -2.41. The number of hydrogen-bond acceptors (Lipinski definition) is 3. The van der Waals surface area contributed by atoms with Crippen LogP contribution in [0.3, 0.4) is 0 Å². The molecule has 11 heteroatoms. The van der Waals surface area contributed by atoms with Crippen molar-refractivity contribution in [1.29, 1.82) is 0 Å². The maximum absolute atomic E-state index is 13.4. The fraction of sp³-hybridized carbons (Fsp3) is 0.519. The van der Waals surface area contributed by atoms with E-state index in [2.05, 4.69) is 5.32 Å². The van der Waals surface area contributed by atoms with Crippen LogP contribution in [0.2, 0.25) is 0 Å². The van der Waals surface area contributed by atoms with Gasteiger partial charge in [-0.15, -0.1) is 12.4 Å². The van der Waals surface area contributed by atoms with Crippen LogP contribution in [0.4, 0.5) is 26.3 Å². The van der Waals surface area contributed by atoms with E-state index in [1.54, 1.807) is 0 Å². The topological polar surface area (TPSA) is 41.6 Å². The molecule has 2 aromatic rings. The van der Waals surface area contributed by atoms with Gasteiger partial charge in [-0.3, -0.25) is 4.79 Å². The quantitative estimate of drug-likeness (QED) is 0.416. The molecule has 0 spiro atoms. The number of hydrogen-bond donors (Lipinski definition) is 1. The van der Waals surface area contributed by atoms with Crippen LogP contribution < -0.4 is 5.32 Å². The van der Waals surface area contributed by atoms with Crippen molar-refractivity contribution in [1.82, 2.24) is 10.2 Å². The Balaban J connectivity index is 0.00000400. The normalized spacial score (nSPS) is 22.0. The third-order valence-corrected chi connectivity index (χ3v) is 7.24. The predicted octanol–water partition coefficient (Wildman–Crippen LogP) is 6.61. The highest BCUT2D eigenvalue weighted by Gasteiger charge is 2.39. The summed E-state index contributed by atoms with van der Waals surface area (Å²) in [5, 5.41) is 3.25. The van der Waals surface area contributed by atoms with Crippen LogP contribution in [0, 0.1) is 5.92 Å². The number of halogens is 7. The Kier molecular flexibility index (Phi) is 9.76. The van der Waals surface area contributed by atoms with Gasteiger partial charge in [-0.05, 0) is 68.6 Å². The van der Waals surface area contributed by atoms with E-state index in [4.69, 9.17) is 4.74 Å². The molecule has 0 aromatic heterocycles. The van der Waals surface area contributed by atoms with E-state index < -0.39 is 35.7 Å². The summed E-state index contributed by atoms with van der Waals surface area (Å²) in [5.74, 6) is -0.238. The highest BCUT2D eigenvalue weighted by Crippen LogP contribution is 2.39. The molecule has 38 heavy (non-hydrogen) atoms. The minimum absolute atomic E-state index is 0. The van der Waals surface area contributed by atoms with Crippen LogP contribution in [0.1, 0.15) is 60.5 Å². The van der Waals surface area contributed by atoms with Crippen LogP contribution in [-0.2, 0) is 21.9 Å². The molecule has 210 valence electrons. The fourth-order valence-corrected chi connectivity index (χ4v) is 5.20. The number of alkyl halides is 6. The Labute approximate surface area is 224 Å². The molecule has 0 saturated carbocycles. The van der Waals surface area contributed by atoms with E-state index >= 15 is 0 Å². The zero-order valence-corrected chi connectivity index (χ0v) is 21.6. The molecule has 1 amide bonds. The minimum Gasteiger partial charge on any atom is -0.370 e. The van der Waals surface area contributed by atoms with Crippen molar-refractivity contribution < 1.29 is 35.9 Å². The van der Waals surface area contributed by atoms with Crippen LogP contribution >= 0.6 is 12.4 Å². The Morgan fingerprint density at radius 3 is 2.08 bits per heavy atom. The first kappa shape index (κ1) is 30.2. The second-order valence-electron chi connectivity index (χ2n) is 9.77. The molecule has 4 nitrogen and oxygen atoms in total. The highest BCUT2D eigenvalue weighted by molar-refractivity contribution is 5.85. The maximum atomic E-state index is 13.4. The maximum Gasteiger partial charge on any atom is 0.416 e. The van der Waals surface area contributed by atoms with Crippen molar-refractivity contribution in [2.24, 2.45) is 5.92 Å². The highest BCUT2D eigenvalue weighted by atomic mass is 35.5. The lowest BCUT2D eigenvalue weighted by molar-refractivity contribution is -0.143. The number of carbonyl (C=O) groups is 1. The molecule has 4 rings (SSSR count). The summed E-state index contributed by atoms with van der Waals surface area (Å²) < 4.78 is 86.4. The number of piperidine rings is 2. The molecule has 2 saturated heterocycles. The zero-order valence-electron chi connectivity index (χ0n) is 20.8. The van der Waals surface area contributed by atoms with E-state index in [1.165, 1.54) is 6.92 Å². The van der Waals surface area contributed by atoms with Gasteiger partial charge in [0.1, 0.15) is 0 Å². The molecular weight excluding hydrogens is 534 g/mol. The van der Waals surface area contributed by atoms with Gasteiger partial charge in [-0.25, -0.2) is 0 Å². The van der Waals surface area contributed by atoms with Crippen LogP contribution in [0.15, 0.2) is 48.5 Å². The first-order valence-electron chi connectivity index (χ1n) is 12.4. The van der Waals surface area contributed by atoms with E-state index in [1.807, 2.05) is 35.2 Å². The van der Waals surface area contributed by atoms with E-state index in [0.29, 0.717) is 31.6 Å². The predicted molar refractivity (Wildman–Crippen MR) is 133 cm³/mol. The van der Waals surface area contributed by atoms with Gasteiger partial charge in [-0.2, -0.15) is 26.3 Å². The monoisotopic (exact) mass is 564 g/mol. The van der Waals surface area contributed by atoms with Gasteiger partial charge in [0.05, 0.1) is 23.3 Å².